The van der Waals surface area contributed by atoms with Gasteiger partial charge in [0.1, 0.15) is 0 Å². The Morgan fingerprint density at radius 1 is 1.24 bits per heavy atom. The zero-order chi connectivity index (χ0) is 12.3. The maximum absolute atomic E-state index is 11.9. The van der Waals surface area contributed by atoms with Crippen LogP contribution in [0.15, 0.2) is 0 Å². The Kier molecular flexibility index (Phi) is 4.05. The van der Waals surface area contributed by atoms with Crippen LogP contribution in [0.2, 0.25) is 0 Å². The molecule has 0 radical (unpaired) electrons. The number of nitrogens with one attached hydrogen (secondary N) is 1. The molecule has 2 aliphatic carbocycles. The van der Waals surface area contributed by atoms with Crippen LogP contribution in [0.3, 0.4) is 0 Å². The van der Waals surface area contributed by atoms with Crippen LogP contribution in [0.5, 0.6) is 0 Å². The molecule has 4 nitrogen and oxygen atoms in total. The minimum absolute atomic E-state index is 0.0142. The van der Waals surface area contributed by atoms with Gasteiger partial charge in [-0.2, -0.15) is 0 Å². The normalized spacial score (nSPS) is 32.4. The maximum Gasteiger partial charge on any atom is 0.222 e. The molecular formula is C13H24N2O2. The molecule has 0 saturated heterocycles. The first kappa shape index (κ1) is 12.8. The monoisotopic (exact) mass is 240 g/mol. The van der Waals surface area contributed by atoms with Gasteiger partial charge < -0.3 is 16.2 Å². The van der Waals surface area contributed by atoms with Crippen LogP contribution in [-0.2, 0) is 4.79 Å². The number of rotatable bonds is 3. The fraction of sp³-hybridized carbons (Fsp3) is 0.923. The van der Waals surface area contributed by atoms with Crippen LogP contribution in [0.25, 0.3) is 0 Å². The summed E-state index contributed by atoms with van der Waals surface area (Å²) in [5.41, 5.74) is 5.89. The van der Waals surface area contributed by atoms with E-state index in [2.05, 4.69) is 5.32 Å². The number of amides is 1. The van der Waals surface area contributed by atoms with Gasteiger partial charge in [-0.05, 0) is 25.7 Å². The van der Waals surface area contributed by atoms with Gasteiger partial charge in [-0.25, -0.2) is 0 Å². The molecule has 2 atom stereocenters. The van der Waals surface area contributed by atoms with E-state index in [4.69, 9.17) is 5.73 Å². The summed E-state index contributed by atoms with van der Waals surface area (Å²) in [6, 6.07) is -0.0544. The maximum atomic E-state index is 11.9. The summed E-state index contributed by atoms with van der Waals surface area (Å²) < 4.78 is 0. The van der Waals surface area contributed by atoms with E-state index >= 15 is 0 Å². The van der Waals surface area contributed by atoms with E-state index in [9.17, 15) is 9.90 Å². The van der Waals surface area contributed by atoms with Crippen molar-refractivity contribution >= 4 is 5.91 Å². The summed E-state index contributed by atoms with van der Waals surface area (Å²) >= 11 is 0. The summed E-state index contributed by atoms with van der Waals surface area (Å²) in [5, 5.41) is 12.7. The first-order valence-electron chi connectivity index (χ1n) is 6.85. The lowest BCUT2D eigenvalue weighted by molar-refractivity contribution is -0.124. The second kappa shape index (κ2) is 5.36. The highest BCUT2D eigenvalue weighted by molar-refractivity contribution is 5.77. The van der Waals surface area contributed by atoms with Crippen molar-refractivity contribution in [3.63, 3.8) is 0 Å². The van der Waals surface area contributed by atoms with Crippen molar-refractivity contribution < 1.29 is 9.90 Å². The molecule has 2 fully saturated rings. The Morgan fingerprint density at radius 3 is 2.53 bits per heavy atom. The lowest BCUT2D eigenvalue weighted by Crippen LogP contribution is -2.49. The highest BCUT2D eigenvalue weighted by Crippen LogP contribution is 2.30. The summed E-state index contributed by atoms with van der Waals surface area (Å²) in [6.45, 7) is 0. The van der Waals surface area contributed by atoms with Gasteiger partial charge in [0, 0.05) is 12.0 Å². The molecular weight excluding hydrogens is 216 g/mol. The van der Waals surface area contributed by atoms with E-state index in [1.165, 1.54) is 0 Å². The number of hydrogen-bond acceptors (Lipinski definition) is 3. The van der Waals surface area contributed by atoms with Gasteiger partial charge in [0.2, 0.25) is 5.91 Å². The minimum Gasteiger partial charge on any atom is -0.391 e. The summed E-state index contributed by atoms with van der Waals surface area (Å²) in [6.07, 6.45) is 8.07. The zero-order valence-electron chi connectivity index (χ0n) is 10.5. The van der Waals surface area contributed by atoms with Crippen molar-refractivity contribution in [2.24, 2.45) is 5.73 Å². The van der Waals surface area contributed by atoms with E-state index in [0.29, 0.717) is 6.42 Å². The van der Waals surface area contributed by atoms with Crippen LogP contribution in [0.4, 0.5) is 0 Å². The average molecular weight is 240 g/mol. The standard InChI is InChI=1S/C13H24N2O2/c14-13(7-3-4-8-13)9-12(17)15-10-5-1-2-6-11(10)16/h10-11,16H,1-9,14H2,(H,15,17)/t10-,11-/m1/s1. The SMILES string of the molecule is NC1(CC(=O)N[C@@H]2CCCC[C@H]2O)CCCC1. The van der Waals surface area contributed by atoms with Gasteiger partial charge in [0.05, 0.1) is 12.1 Å². The van der Waals surface area contributed by atoms with E-state index in [1.807, 2.05) is 0 Å². The van der Waals surface area contributed by atoms with E-state index in [1.54, 1.807) is 0 Å². The van der Waals surface area contributed by atoms with Crippen molar-refractivity contribution in [1.82, 2.24) is 5.32 Å². The Labute approximate surface area is 103 Å². The number of hydrogen-bond donors (Lipinski definition) is 3. The van der Waals surface area contributed by atoms with Crippen LogP contribution in [0.1, 0.15) is 57.8 Å². The number of aliphatic hydroxyl groups is 1. The van der Waals surface area contributed by atoms with Crippen LogP contribution in [0, 0.1) is 0 Å². The predicted molar refractivity (Wildman–Crippen MR) is 66.4 cm³/mol. The van der Waals surface area contributed by atoms with E-state index < -0.39 is 0 Å². The zero-order valence-corrected chi connectivity index (χ0v) is 10.5. The molecule has 0 aromatic heterocycles. The third-order valence-corrected chi connectivity index (χ3v) is 4.19. The van der Waals surface area contributed by atoms with E-state index in [-0.39, 0.29) is 23.6 Å². The molecule has 0 bridgehead atoms. The van der Waals surface area contributed by atoms with Crippen LogP contribution >= 0.6 is 0 Å². The predicted octanol–water partition coefficient (Wildman–Crippen LogP) is 1.07. The number of carbonyl (C=O) groups is 1. The summed E-state index contributed by atoms with van der Waals surface area (Å²) in [7, 11) is 0. The average Bonchev–Trinajstić information content (AvgIpc) is 2.68. The van der Waals surface area contributed by atoms with Crippen molar-refractivity contribution in [2.75, 3.05) is 0 Å². The number of nitrogens with two attached hydrogens (primary N) is 1. The van der Waals surface area contributed by atoms with Crippen LogP contribution in [-0.4, -0.2) is 28.7 Å². The molecule has 0 aromatic rings. The molecule has 98 valence electrons. The Hall–Kier alpha value is -0.610. The molecule has 0 spiro atoms. The van der Waals surface area contributed by atoms with Gasteiger partial charge >= 0.3 is 0 Å². The fourth-order valence-corrected chi connectivity index (χ4v) is 3.11. The molecule has 1 amide bonds. The highest BCUT2D eigenvalue weighted by atomic mass is 16.3. The first-order chi connectivity index (χ1) is 8.09. The van der Waals surface area contributed by atoms with Crippen molar-refractivity contribution in [3.8, 4) is 0 Å². The Balaban J connectivity index is 1.80. The second-order valence-corrected chi connectivity index (χ2v) is 5.77. The third kappa shape index (κ3) is 3.42. The molecule has 4 N–H and O–H groups in total. The van der Waals surface area contributed by atoms with Gasteiger partial charge in [-0.15, -0.1) is 0 Å². The van der Waals surface area contributed by atoms with Gasteiger partial charge in [0.25, 0.3) is 0 Å². The van der Waals surface area contributed by atoms with Crippen molar-refractivity contribution in [2.45, 2.75) is 75.5 Å². The van der Waals surface area contributed by atoms with E-state index in [0.717, 1.165) is 51.4 Å². The largest absolute Gasteiger partial charge is 0.391 e. The first-order valence-corrected chi connectivity index (χ1v) is 6.85. The Morgan fingerprint density at radius 2 is 1.88 bits per heavy atom. The topological polar surface area (TPSA) is 75.4 Å². The molecule has 2 rings (SSSR count). The smallest absolute Gasteiger partial charge is 0.222 e. The molecule has 2 aliphatic rings. The fourth-order valence-electron chi connectivity index (χ4n) is 3.11. The summed E-state index contributed by atoms with van der Waals surface area (Å²) in [4.78, 5) is 11.9. The number of carbonyl (C=O) groups excluding carboxylic acids is 1. The molecule has 4 heteroatoms. The molecule has 2 saturated carbocycles. The number of aliphatic hydroxyl groups excluding tert-OH is 1. The lowest BCUT2D eigenvalue weighted by atomic mass is 9.91. The summed E-state index contributed by atoms with van der Waals surface area (Å²) in [5.74, 6) is 0.0142. The molecule has 0 aromatic carbocycles. The third-order valence-electron chi connectivity index (χ3n) is 4.19. The van der Waals surface area contributed by atoms with Crippen molar-refractivity contribution in [1.29, 1.82) is 0 Å². The quantitative estimate of drug-likeness (QED) is 0.690. The lowest BCUT2D eigenvalue weighted by Gasteiger charge is -2.30. The molecule has 17 heavy (non-hydrogen) atoms. The van der Waals surface area contributed by atoms with Gasteiger partial charge in [-0.3, -0.25) is 4.79 Å². The van der Waals surface area contributed by atoms with Crippen molar-refractivity contribution in [3.05, 3.63) is 0 Å². The second-order valence-electron chi connectivity index (χ2n) is 5.77. The minimum atomic E-state index is -0.370. The highest BCUT2D eigenvalue weighted by Gasteiger charge is 2.33. The molecule has 0 heterocycles. The van der Waals surface area contributed by atoms with Gasteiger partial charge in [-0.1, -0.05) is 25.7 Å². The molecule has 0 aliphatic heterocycles. The van der Waals surface area contributed by atoms with Gasteiger partial charge in [0.15, 0.2) is 0 Å². The molecule has 0 unspecified atom stereocenters. The van der Waals surface area contributed by atoms with Crippen LogP contribution < -0.4 is 11.1 Å². The Bertz CT molecular complexity index is 275.